The summed E-state index contributed by atoms with van der Waals surface area (Å²) in [5, 5.41) is 12.2. The SMILES string of the molecule is CCc1c2c(nc3cc(CC(C)C)ccc13)-c1cc3c(c(=O)n1C2)COC(=O)[C@]3(O)CC. The average molecular weight is 433 g/mol. The van der Waals surface area contributed by atoms with Crippen molar-refractivity contribution in [3.63, 3.8) is 0 Å². The van der Waals surface area contributed by atoms with E-state index in [1.54, 1.807) is 17.6 Å². The first kappa shape index (κ1) is 20.9. The number of aromatic nitrogens is 2. The summed E-state index contributed by atoms with van der Waals surface area (Å²) in [6.07, 6.45) is 1.94. The summed E-state index contributed by atoms with van der Waals surface area (Å²) < 4.78 is 6.87. The molecule has 32 heavy (non-hydrogen) atoms. The van der Waals surface area contributed by atoms with Crippen molar-refractivity contribution in [3.8, 4) is 11.4 Å². The van der Waals surface area contributed by atoms with Gasteiger partial charge in [-0.3, -0.25) is 4.79 Å². The third kappa shape index (κ3) is 2.85. The molecule has 0 bridgehead atoms. The predicted molar refractivity (Wildman–Crippen MR) is 122 cm³/mol. The van der Waals surface area contributed by atoms with Gasteiger partial charge in [0.1, 0.15) is 6.61 Å². The maximum absolute atomic E-state index is 13.4. The first-order valence-corrected chi connectivity index (χ1v) is 11.4. The van der Waals surface area contributed by atoms with Gasteiger partial charge in [-0.1, -0.05) is 39.8 Å². The molecule has 2 aliphatic heterocycles. The number of benzene rings is 1. The molecule has 1 N–H and O–H groups in total. The van der Waals surface area contributed by atoms with Crippen LogP contribution in [-0.2, 0) is 41.1 Å². The fourth-order valence-electron chi connectivity index (χ4n) is 5.21. The van der Waals surface area contributed by atoms with Crippen molar-refractivity contribution < 1.29 is 14.6 Å². The Morgan fingerprint density at radius 3 is 2.66 bits per heavy atom. The summed E-state index contributed by atoms with van der Waals surface area (Å²) in [6, 6.07) is 8.25. The highest BCUT2D eigenvalue weighted by atomic mass is 16.6. The molecule has 0 amide bonds. The van der Waals surface area contributed by atoms with Crippen LogP contribution in [0.2, 0.25) is 0 Å². The van der Waals surface area contributed by atoms with Crippen molar-refractivity contribution in [3.05, 3.63) is 62.4 Å². The molecular weight excluding hydrogens is 404 g/mol. The quantitative estimate of drug-likeness (QED) is 0.496. The minimum atomic E-state index is -1.81. The Hall–Kier alpha value is -2.99. The van der Waals surface area contributed by atoms with E-state index in [-0.39, 0.29) is 18.6 Å². The minimum Gasteiger partial charge on any atom is -0.458 e. The lowest BCUT2D eigenvalue weighted by atomic mass is 9.86. The van der Waals surface area contributed by atoms with Crippen molar-refractivity contribution in [2.45, 2.75) is 65.7 Å². The number of aliphatic hydroxyl groups is 1. The van der Waals surface area contributed by atoms with Gasteiger partial charge in [-0.25, -0.2) is 9.78 Å². The van der Waals surface area contributed by atoms with Crippen LogP contribution in [0.1, 0.15) is 61.9 Å². The smallest absolute Gasteiger partial charge is 0.343 e. The number of nitrogens with zero attached hydrogens (tertiary/aromatic N) is 2. The molecule has 2 aliphatic rings. The number of aryl methyl sites for hydroxylation is 1. The fourth-order valence-corrected chi connectivity index (χ4v) is 5.21. The van der Waals surface area contributed by atoms with Gasteiger partial charge < -0.3 is 14.4 Å². The molecule has 1 aromatic carbocycles. The molecule has 1 atom stereocenters. The van der Waals surface area contributed by atoms with Gasteiger partial charge in [-0.2, -0.15) is 0 Å². The number of ether oxygens (including phenoxy) is 1. The van der Waals surface area contributed by atoms with E-state index in [0.29, 0.717) is 29.3 Å². The largest absolute Gasteiger partial charge is 0.458 e. The molecule has 0 radical (unpaired) electrons. The molecule has 0 saturated heterocycles. The molecule has 0 aliphatic carbocycles. The summed E-state index contributed by atoms with van der Waals surface area (Å²) in [6.45, 7) is 8.56. The van der Waals surface area contributed by atoms with Gasteiger partial charge in [-0.05, 0) is 48.4 Å². The molecule has 0 fully saturated rings. The minimum absolute atomic E-state index is 0.111. The first-order valence-electron chi connectivity index (χ1n) is 11.4. The van der Waals surface area contributed by atoms with Crippen LogP contribution in [0.4, 0.5) is 0 Å². The van der Waals surface area contributed by atoms with Crippen LogP contribution in [0, 0.1) is 5.92 Å². The Morgan fingerprint density at radius 1 is 1.19 bits per heavy atom. The van der Waals surface area contributed by atoms with Crippen molar-refractivity contribution >= 4 is 16.9 Å². The molecule has 6 heteroatoms. The van der Waals surface area contributed by atoms with Crippen LogP contribution in [0.5, 0.6) is 0 Å². The second-order valence-corrected chi connectivity index (χ2v) is 9.32. The number of esters is 1. The Bertz CT molecular complexity index is 1340. The lowest BCUT2D eigenvalue weighted by Gasteiger charge is -2.31. The molecule has 4 heterocycles. The molecule has 2 aromatic heterocycles. The molecule has 5 rings (SSSR count). The Balaban J connectivity index is 1.77. The summed E-state index contributed by atoms with van der Waals surface area (Å²) in [5.41, 5.74) is 4.52. The van der Waals surface area contributed by atoms with Crippen molar-refractivity contribution in [1.29, 1.82) is 0 Å². The van der Waals surface area contributed by atoms with Crippen molar-refractivity contribution in [2.24, 2.45) is 5.92 Å². The molecule has 0 spiro atoms. The summed E-state index contributed by atoms with van der Waals surface area (Å²) in [4.78, 5) is 30.8. The number of cyclic esters (lactones) is 1. The van der Waals surface area contributed by atoms with E-state index in [9.17, 15) is 14.7 Å². The number of rotatable bonds is 4. The average Bonchev–Trinajstić information content (AvgIpc) is 3.13. The van der Waals surface area contributed by atoms with Crippen LogP contribution in [0.3, 0.4) is 0 Å². The molecule has 6 nitrogen and oxygen atoms in total. The maximum Gasteiger partial charge on any atom is 0.343 e. The second-order valence-electron chi connectivity index (χ2n) is 9.32. The van der Waals surface area contributed by atoms with E-state index in [1.807, 2.05) is 0 Å². The van der Waals surface area contributed by atoms with E-state index in [1.165, 1.54) is 11.1 Å². The first-order chi connectivity index (χ1) is 15.3. The van der Waals surface area contributed by atoms with Gasteiger partial charge in [0.25, 0.3) is 5.56 Å². The second kappa shape index (κ2) is 7.27. The number of pyridine rings is 2. The topological polar surface area (TPSA) is 81.4 Å². The monoisotopic (exact) mass is 432 g/mol. The van der Waals surface area contributed by atoms with Crippen LogP contribution in [-0.4, -0.2) is 20.6 Å². The highest BCUT2D eigenvalue weighted by Gasteiger charge is 2.45. The molecule has 0 saturated carbocycles. The normalized spacial score (nSPS) is 19.1. The van der Waals surface area contributed by atoms with Gasteiger partial charge >= 0.3 is 5.97 Å². The Kier molecular flexibility index (Phi) is 4.75. The third-order valence-electron chi connectivity index (χ3n) is 6.87. The zero-order valence-corrected chi connectivity index (χ0v) is 19.0. The fraction of sp³-hybridized carbons (Fsp3) is 0.423. The summed E-state index contributed by atoms with van der Waals surface area (Å²) in [7, 11) is 0. The van der Waals surface area contributed by atoms with Gasteiger partial charge in [0.05, 0.1) is 29.0 Å². The van der Waals surface area contributed by atoms with E-state index >= 15 is 0 Å². The number of carbonyl (C=O) groups is 1. The Morgan fingerprint density at radius 2 is 1.97 bits per heavy atom. The van der Waals surface area contributed by atoms with Crippen LogP contribution in [0.25, 0.3) is 22.3 Å². The predicted octanol–water partition coefficient (Wildman–Crippen LogP) is 3.84. The highest BCUT2D eigenvalue weighted by molar-refractivity contribution is 5.89. The summed E-state index contributed by atoms with van der Waals surface area (Å²) >= 11 is 0. The van der Waals surface area contributed by atoms with Gasteiger partial charge in [0.2, 0.25) is 0 Å². The van der Waals surface area contributed by atoms with E-state index in [2.05, 4.69) is 39.0 Å². The van der Waals surface area contributed by atoms with Crippen molar-refractivity contribution in [2.75, 3.05) is 0 Å². The summed E-state index contributed by atoms with van der Waals surface area (Å²) in [5.74, 6) is -0.154. The standard InChI is InChI=1S/C26H28N2O4/c1-5-16-17-8-7-15(9-14(3)4)10-21(17)27-23-18(16)12-28-22(23)11-20-19(24(28)29)13-32-25(30)26(20,31)6-2/h7-8,10-11,14,31H,5-6,9,12-13H2,1-4H3/t26-/m0/s1. The van der Waals surface area contributed by atoms with Gasteiger partial charge in [0, 0.05) is 16.5 Å². The number of carbonyl (C=O) groups excluding carboxylic acids is 1. The zero-order chi connectivity index (χ0) is 22.8. The lowest BCUT2D eigenvalue weighted by molar-refractivity contribution is -0.172. The zero-order valence-electron chi connectivity index (χ0n) is 19.0. The number of fused-ring (bicyclic) bond motifs is 5. The van der Waals surface area contributed by atoms with Gasteiger partial charge in [0.15, 0.2) is 5.60 Å². The van der Waals surface area contributed by atoms with Crippen LogP contribution >= 0.6 is 0 Å². The highest BCUT2D eigenvalue weighted by Crippen LogP contribution is 2.40. The maximum atomic E-state index is 13.4. The molecule has 3 aromatic rings. The lowest BCUT2D eigenvalue weighted by Crippen LogP contribution is -2.44. The molecule has 0 unspecified atom stereocenters. The van der Waals surface area contributed by atoms with E-state index < -0.39 is 11.6 Å². The number of hydrogen-bond donors (Lipinski definition) is 1. The number of hydrogen-bond acceptors (Lipinski definition) is 5. The Labute approximate surface area is 186 Å². The van der Waals surface area contributed by atoms with E-state index in [0.717, 1.165) is 35.0 Å². The van der Waals surface area contributed by atoms with E-state index in [4.69, 9.17) is 9.72 Å². The van der Waals surface area contributed by atoms with Crippen LogP contribution < -0.4 is 5.56 Å². The molecule has 166 valence electrons. The van der Waals surface area contributed by atoms with Crippen molar-refractivity contribution in [1.82, 2.24) is 9.55 Å². The van der Waals surface area contributed by atoms with Gasteiger partial charge in [-0.15, -0.1) is 0 Å². The third-order valence-corrected chi connectivity index (χ3v) is 6.87. The molecular formula is C26H28N2O4. The van der Waals surface area contributed by atoms with Crippen LogP contribution in [0.15, 0.2) is 29.1 Å².